The number of nitrogens with one attached hydrogen (secondary N) is 1. The van der Waals surface area contributed by atoms with Crippen molar-refractivity contribution in [1.82, 2.24) is 15.2 Å². The van der Waals surface area contributed by atoms with Gasteiger partial charge in [-0.2, -0.15) is 5.10 Å². The van der Waals surface area contributed by atoms with Crippen molar-refractivity contribution in [2.75, 3.05) is 6.61 Å². The van der Waals surface area contributed by atoms with Gasteiger partial charge in [0, 0.05) is 6.20 Å². The van der Waals surface area contributed by atoms with Crippen molar-refractivity contribution in [1.29, 1.82) is 0 Å². The lowest BCUT2D eigenvalue weighted by Crippen LogP contribution is -2.13. The van der Waals surface area contributed by atoms with E-state index in [1.54, 1.807) is 6.20 Å². The minimum Gasteiger partial charge on any atom is -0.492 e. The number of hydrogen-bond acceptors (Lipinski definition) is 4. The molecule has 0 saturated heterocycles. The third kappa shape index (κ3) is 1.50. The summed E-state index contributed by atoms with van der Waals surface area (Å²) >= 11 is 0. The molecule has 0 aliphatic heterocycles. The van der Waals surface area contributed by atoms with Crippen LogP contribution in [0.2, 0.25) is 0 Å². The molecule has 2 rings (SSSR count). The molecule has 2 aromatic heterocycles. The zero-order valence-electron chi connectivity index (χ0n) is 8.15. The SMILES string of the molecule is CCOc1c(C(N)=O)cnc2[nH]ncc12. The molecule has 0 aromatic carbocycles. The quantitative estimate of drug-likeness (QED) is 0.762. The van der Waals surface area contributed by atoms with Crippen molar-refractivity contribution < 1.29 is 9.53 Å². The number of carbonyl (C=O) groups excluding carboxylic acids is 1. The lowest BCUT2D eigenvalue weighted by Gasteiger charge is -2.07. The number of aromatic nitrogens is 3. The van der Waals surface area contributed by atoms with E-state index >= 15 is 0 Å². The maximum absolute atomic E-state index is 11.1. The highest BCUT2D eigenvalue weighted by Gasteiger charge is 2.15. The normalized spacial score (nSPS) is 10.5. The van der Waals surface area contributed by atoms with Crippen LogP contribution in [-0.4, -0.2) is 27.7 Å². The summed E-state index contributed by atoms with van der Waals surface area (Å²) in [7, 11) is 0. The second-order valence-corrected chi connectivity index (χ2v) is 2.93. The molecule has 6 heteroatoms. The van der Waals surface area contributed by atoms with Crippen LogP contribution in [0.4, 0.5) is 0 Å². The molecule has 3 N–H and O–H groups in total. The van der Waals surface area contributed by atoms with Gasteiger partial charge in [0.05, 0.1) is 18.2 Å². The zero-order valence-corrected chi connectivity index (χ0v) is 8.15. The Morgan fingerprint density at radius 1 is 1.60 bits per heavy atom. The summed E-state index contributed by atoms with van der Waals surface area (Å²) in [5.74, 6) is -0.127. The number of H-pyrrole nitrogens is 1. The Morgan fingerprint density at radius 3 is 3.07 bits per heavy atom. The largest absolute Gasteiger partial charge is 0.492 e. The fourth-order valence-corrected chi connectivity index (χ4v) is 1.35. The zero-order chi connectivity index (χ0) is 10.8. The van der Waals surface area contributed by atoms with Gasteiger partial charge in [0.25, 0.3) is 5.91 Å². The van der Waals surface area contributed by atoms with E-state index in [-0.39, 0.29) is 5.56 Å². The number of ether oxygens (including phenoxy) is 1. The number of nitrogens with zero attached hydrogens (tertiary/aromatic N) is 2. The van der Waals surface area contributed by atoms with Crippen LogP contribution in [0.15, 0.2) is 12.4 Å². The molecule has 0 atom stereocenters. The monoisotopic (exact) mass is 206 g/mol. The van der Waals surface area contributed by atoms with Gasteiger partial charge in [-0.3, -0.25) is 9.89 Å². The molecule has 1 amide bonds. The van der Waals surface area contributed by atoms with Gasteiger partial charge < -0.3 is 10.5 Å². The van der Waals surface area contributed by atoms with Gasteiger partial charge in [0.15, 0.2) is 5.65 Å². The van der Waals surface area contributed by atoms with Crippen LogP contribution < -0.4 is 10.5 Å². The van der Waals surface area contributed by atoms with Crippen LogP contribution in [0.25, 0.3) is 11.0 Å². The molecule has 0 radical (unpaired) electrons. The van der Waals surface area contributed by atoms with Gasteiger partial charge >= 0.3 is 0 Å². The summed E-state index contributed by atoms with van der Waals surface area (Å²) in [6.45, 7) is 2.28. The van der Waals surface area contributed by atoms with Gasteiger partial charge in [0.1, 0.15) is 11.3 Å². The van der Waals surface area contributed by atoms with Crippen molar-refractivity contribution in [2.24, 2.45) is 5.73 Å². The average Bonchev–Trinajstić information content (AvgIpc) is 2.66. The first kappa shape index (κ1) is 9.45. The Labute approximate surface area is 85.4 Å². The number of amides is 1. The van der Waals surface area contributed by atoms with Crippen LogP contribution in [-0.2, 0) is 0 Å². The molecule has 78 valence electrons. The fraction of sp³-hybridized carbons (Fsp3) is 0.222. The second kappa shape index (κ2) is 3.56. The maximum Gasteiger partial charge on any atom is 0.254 e. The molecule has 2 heterocycles. The molecule has 0 bridgehead atoms. The smallest absolute Gasteiger partial charge is 0.254 e. The number of carbonyl (C=O) groups is 1. The first-order valence-corrected chi connectivity index (χ1v) is 4.48. The summed E-state index contributed by atoms with van der Waals surface area (Å²) in [5.41, 5.74) is 6.06. The molecular weight excluding hydrogens is 196 g/mol. The fourth-order valence-electron chi connectivity index (χ4n) is 1.35. The Balaban J connectivity index is 2.69. The molecule has 6 nitrogen and oxygen atoms in total. The predicted molar refractivity (Wildman–Crippen MR) is 53.6 cm³/mol. The maximum atomic E-state index is 11.1. The number of fused-ring (bicyclic) bond motifs is 1. The number of rotatable bonds is 3. The molecule has 0 saturated carbocycles. The van der Waals surface area contributed by atoms with Crippen molar-refractivity contribution >= 4 is 16.9 Å². The van der Waals surface area contributed by atoms with Gasteiger partial charge in [-0.05, 0) is 6.92 Å². The molecule has 15 heavy (non-hydrogen) atoms. The van der Waals surface area contributed by atoms with Crippen molar-refractivity contribution in [3.05, 3.63) is 18.0 Å². The van der Waals surface area contributed by atoms with Crippen LogP contribution in [0, 0.1) is 0 Å². The van der Waals surface area contributed by atoms with Gasteiger partial charge in [-0.1, -0.05) is 0 Å². The van der Waals surface area contributed by atoms with E-state index in [4.69, 9.17) is 10.5 Å². The Morgan fingerprint density at radius 2 is 2.40 bits per heavy atom. The minimum absolute atomic E-state index is 0.269. The van der Waals surface area contributed by atoms with Crippen LogP contribution >= 0.6 is 0 Å². The number of pyridine rings is 1. The summed E-state index contributed by atoms with van der Waals surface area (Å²) < 4.78 is 5.37. The van der Waals surface area contributed by atoms with Crippen molar-refractivity contribution in [3.63, 3.8) is 0 Å². The van der Waals surface area contributed by atoms with E-state index in [1.807, 2.05) is 6.92 Å². The molecule has 0 aliphatic rings. The summed E-state index contributed by atoms with van der Waals surface area (Å²) in [6, 6.07) is 0. The number of aromatic amines is 1. The van der Waals surface area contributed by atoms with Crippen molar-refractivity contribution in [2.45, 2.75) is 6.92 Å². The predicted octanol–water partition coefficient (Wildman–Crippen LogP) is 0.456. The van der Waals surface area contributed by atoms with Gasteiger partial charge in [0.2, 0.25) is 0 Å². The highest BCUT2D eigenvalue weighted by atomic mass is 16.5. The molecule has 0 spiro atoms. The van der Waals surface area contributed by atoms with Crippen LogP contribution in [0.1, 0.15) is 17.3 Å². The Hall–Kier alpha value is -2.11. The third-order valence-corrected chi connectivity index (χ3v) is 1.99. The standard InChI is InChI=1S/C9H10N4O2/c1-2-15-7-5(8(10)14)3-11-9-6(7)4-12-13-9/h3-4H,2H2,1H3,(H2,10,14)(H,11,12,13). The summed E-state index contributed by atoms with van der Waals surface area (Å²) in [4.78, 5) is 15.1. The van der Waals surface area contributed by atoms with E-state index in [0.717, 1.165) is 0 Å². The van der Waals surface area contributed by atoms with Gasteiger partial charge in [-0.15, -0.1) is 0 Å². The second-order valence-electron chi connectivity index (χ2n) is 2.93. The minimum atomic E-state index is -0.561. The average molecular weight is 206 g/mol. The highest BCUT2D eigenvalue weighted by Crippen LogP contribution is 2.26. The Bertz CT molecular complexity index is 506. The molecule has 2 aromatic rings. The van der Waals surface area contributed by atoms with Crippen LogP contribution in [0.3, 0.4) is 0 Å². The first-order chi connectivity index (χ1) is 7.24. The number of primary amides is 1. The van der Waals surface area contributed by atoms with E-state index in [2.05, 4.69) is 15.2 Å². The topological polar surface area (TPSA) is 93.9 Å². The molecule has 0 aliphatic carbocycles. The Kier molecular flexibility index (Phi) is 2.24. The van der Waals surface area contributed by atoms with E-state index in [1.165, 1.54) is 6.20 Å². The number of nitrogens with two attached hydrogens (primary N) is 1. The lowest BCUT2D eigenvalue weighted by atomic mass is 10.2. The van der Waals surface area contributed by atoms with E-state index in [0.29, 0.717) is 23.4 Å². The molecular formula is C9H10N4O2. The van der Waals surface area contributed by atoms with E-state index < -0.39 is 5.91 Å². The van der Waals surface area contributed by atoms with E-state index in [9.17, 15) is 4.79 Å². The molecule has 0 unspecified atom stereocenters. The molecule has 0 fully saturated rings. The lowest BCUT2D eigenvalue weighted by molar-refractivity contribution is 0.0996. The van der Waals surface area contributed by atoms with Crippen LogP contribution in [0.5, 0.6) is 5.75 Å². The summed E-state index contributed by atoms with van der Waals surface area (Å²) in [6.07, 6.45) is 2.94. The first-order valence-electron chi connectivity index (χ1n) is 4.48. The summed E-state index contributed by atoms with van der Waals surface area (Å²) in [5, 5.41) is 7.18. The highest BCUT2D eigenvalue weighted by molar-refractivity contribution is 6.00. The third-order valence-electron chi connectivity index (χ3n) is 1.99. The van der Waals surface area contributed by atoms with Gasteiger partial charge in [-0.25, -0.2) is 4.98 Å². The number of hydrogen-bond donors (Lipinski definition) is 2. The van der Waals surface area contributed by atoms with Crippen molar-refractivity contribution in [3.8, 4) is 5.75 Å².